The fraction of sp³-hybridized carbons (Fsp3) is 0.833. The first-order valence-corrected chi connectivity index (χ1v) is 6.28. The van der Waals surface area contributed by atoms with Crippen molar-refractivity contribution in [1.29, 1.82) is 0 Å². The molecule has 5 atom stereocenters. The van der Waals surface area contributed by atoms with Crippen molar-refractivity contribution in [3.63, 3.8) is 0 Å². The smallest absolute Gasteiger partial charge is 0.326 e. The van der Waals surface area contributed by atoms with Gasteiger partial charge in [0.15, 0.2) is 0 Å². The van der Waals surface area contributed by atoms with Gasteiger partial charge in [-0.2, -0.15) is 0 Å². The van der Waals surface area contributed by atoms with Crippen LogP contribution in [0.3, 0.4) is 0 Å². The molecule has 0 bridgehead atoms. The van der Waals surface area contributed by atoms with Crippen LogP contribution in [0.4, 0.5) is 0 Å². The van der Waals surface area contributed by atoms with E-state index < -0.39 is 23.5 Å². The predicted octanol–water partition coefficient (Wildman–Crippen LogP) is -0.563. The van der Waals surface area contributed by atoms with E-state index in [-0.39, 0.29) is 37.4 Å². The van der Waals surface area contributed by atoms with Crippen molar-refractivity contribution in [2.24, 2.45) is 23.5 Å². The Bertz CT molecular complexity index is 371. The average molecular weight is 257 g/mol. The Balaban J connectivity index is 2.12. The second-order valence-corrected chi connectivity index (χ2v) is 4.91. The van der Waals surface area contributed by atoms with Gasteiger partial charge in [-0.05, 0) is 13.8 Å². The molecule has 18 heavy (non-hydrogen) atoms. The number of nitrogens with two attached hydrogens (primary N) is 1. The van der Waals surface area contributed by atoms with Crippen LogP contribution in [-0.4, -0.2) is 41.9 Å². The lowest BCUT2D eigenvalue weighted by atomic mass is 9.91. The molecule has 3 N–H and O–H groups in total. The van der Waals surface area contributed by atoms with Crippen LogP contribution in [-0.2, 0) is 19.1 Å². The van der Waals surface area contributed by atoms with Crippen molar-refractivity contribution >= 4 is 11.9 Å². The molecule has 0 radical (unpaired) electrons. The Kier molecular flexibility index (Phi) is 3.33. The van der Waals surface area contributed by atoms with Gasteiger partial charge in [0, 0.05) is 18.3 Å². The molecule has 0 saturated heterocycles. The van der Waals surface area contributed by atoms with Crippen molar-refractivity contribution in [1.82, 2.24) is 0 Å². The van der Waals surface area contributed by atoms with Crippen LogP contribution in [0.15, 0.2) is 0 Å². The third kappa shape index (κ3) is 1.80. The molecular weight excluding hydrogens is 238 g/mol. The summed E-state index contributed by atoms with van der Waals surface area (Å²) in [7, 11) is 0. The third-order valence-corrected chi connectivity index (χ3v) is 3.88. The minimum Gasteiger partial charge on any atom is -0.466 e. The number of rotatable bonds is 4. The van der Waals surface area contributed by atoms with Gasteiger partial charge in [-0.15, -0.1) is 0 Å². The SMILES string of the molecule is CCOC(=O)C1C2C(O)CC(N)(C(=O)OCC)C12. The summed E-state index contributed by atoms with van der Waals surface area (Å²) in [5.74, 6) is -2.01. The summed E-state index contributed by atoms with van der Waals surface area (Å²) in [5.41, 5.74) is 4.79. The zero-order chi connectivity index (χ0) is 13.5. The molecule has 2 rings (SSSR count). The van der Waals surface area contributed by atoms with Gasteiger partial charge >= 0.3 is 11.9 Å². The molecule has 6 nitrogen and oxygen atoms in total. The molecule has 2 fully saturated rings. The van der Waals surface area contributed by atoms with Crippen LogP contribution >= 0.6 is 0 Å². The first-order chi connectivity index (χ1) is 8.47. The number of aliphatic hydroxyl groups is 1. The van der Waals surface area contributed by atoms with E-state index >= 15 is 0 Å². The van der Waals surface area contributed by atoms with Gasteiger partial charge in [0.2, 0.25) is 0 Å². The highest BCUT2D eigenvalue weighted by Crippen LogP contribution is 2.62. The Labute approximate surface area is 105 Å². The summed E-state index contributed by atoms with van der Waals surface area (Å²) in [6, 6.07) is 0. The topological polar surface area (TPSA) is 98.9 Å². The van der Waals surface area contributed by atoms with Crippen molar-refractivity contribution in [2.45, 2.75) is 31.9 Å². The highest BCUT2D eigenvalue weighted by Gasteiger charge is 2.74. The molecule has 5 unspecified atom stereocenters. The molecule has 0 aliphatic heterocycles. The first-order valence-electron chi connectivity index (χ1n) is 6.28. The normalized spacial score (nSPS) is 41.1. The minimum atomic E-state index is -1.25. The van der Waals surface area contributed by atoms with E-state index in [1.54, 1.807) is 13.8 Å². The molecular formula is C12H19NO5. The molecule has 6 heteroatoms. The Morgan fingerprint density at radius 3 is 2.50 bits per heavy atom. The summed E-state index contributed by atoms with van der Waals surface area (Å²) >= 11 is 0. The highest BCUT2D eigenvalue weighted by molar-refractivity contribution is 5.87. The number of carbonyl (C=O) groups is 2. The number of carbonyl (C=O) groups excluding carboxylic acids is 2. The van der Waals surface area contributed by atoms with E-state index in [1.807, 2.05) is 0 Å². The van der Waals surface area contributed by atoms with E-state index in [0.717, 1.165) is 0 Å². The maximum atomic E-state index is 11.9. The van der Waals surface area contributed by atoms with Crippen molar-refractivity contribution in [3.05, 3.63) is 0 Å². The Hall–Kier alpha value is -1.14. The fourth-order valence-corrected chi connectivity index (χ4v) is 3.12. The van der Waals surface area contributed by atoms with Gasteiger partial charge < -0.3 is 20.3 Å². The Morgan fingerprint density at radius 2 is 1.94 bits per heavy atom. The number of esters is 2. The third-order valence-electron chi connectivity index (χ3n) is 3.88. The zero-order valence-corrected chi connectivity index (χ0v) is 10.6. The number of hydrogen-bond acceptors (Lipinski definition) is 6. The van der Waals surface area contributed by atoms with E-state index in [0.29, 0.717) is 0 Å². The van der Waals surface area contributed by atoms with Crippen molar-refractivity contribution < 1.29 is 24.2 Å². The quantitative estimate of drug-likeness (QED) is 0.655. The largest absolute Gasteiger partial charge is 0.466 e. The number of aliphatic hydroxyl groups excluding tert-OH is 1. The fourth-order valence-electron chi connectivity index (χ4n) is 3.12. The molecule has 0 spiro atoms. The van der Waals surface area contributed by atoms with Crippen LogP contribution in [0.25, 0.3) is 0 Å². The molecule has 0 heterocycles. The van der Waals surface area contributed by atoms with Gasteiger partial charge in [-0.3, -0.25) is 9.59 Å². The summed E-state index contributed by atoms with van der Waals surface area (Å²) < 4.78 is 9.86. The maximum Gasteiger partial charge on any atom is 0.326 e. The molecule has 0 aromatic carbocycles. The molecule has 2 aliphatic rings. The van der Waals surface area contributed by atoms with Crippen LogP contribution in [0.2, 0.25) is 0 Å². The lowest BCUT2D eigenvalue weighted by molar-refractivity contribution is -0.152. The van der Waals surface area contributed by atoms with Crippen LogP contribution in [0, 0.1) is 17.8 Å². The lowest BCUT2D eigenvalue weighted by Crippen LogP contribution is -2.51. The molecule has 0 aromatic rings. The van der Waals surface area contributed by atoms with Gasteiger partial charge in [-0.25, -0.2) is 0 Å². The van der Waals surface area contributed by atoms with E-state index in [4.69, 9.17) is 15.2 Å². The average Bonchev–Trinajstić information content (AvgIpc) is 2.99. The number of hydrogen-bond donors (Lipinski definition) is 2. The molecule has 2 aliphatic carbocycles. The van der Waals surface area contributed by atoms with Crippen LogP contribution < -0.4 is 5.73 Å². The van der Waals surface area contributed by atoms with Gasteiger partial charge in [0.1, 0.15) is 5.54 Å². The van der Waals surface area contributed by atoms with Gasteiger partial charge in [0.05, 0.1) is 25.2 Å². The van der Waals surface area contributed by atoms with Gasteiger partial charge in [-0.1, -0.05) is 0 Å². The standard InChI is InChI=1S/C12H19NO5/c1-3-17-10(15)8-7-6(14)5-12(13,9(7)8)11(16)18-4-2/h6-9,14H,3-5,13H2,1-2H3. The van der Waals surface area contributed by atoms with Crippen molar-refractivity contribution in [2.75, 3.05) is 13.2 Å². The number of ether oxygens (including phenoxy) is 2. The first kappa shape index (κ1) is 13.3. The van der Waals surface area contributed by atoms with Gasteiger partial charge in [0.25, 0.3) is 0 Å². The predicted molar refractivity (Wildman–Crippen MR) is 61.3 cm³/mol. The van der Waals surface area contributed by atoms with Crippen molar-refractivity contribution in [3.8, 4) is 0 Å². The van der Waals surface area contributed by atoms with E-state index in [9.17, 15) is 14.7 Å². The summed E-state index contributed by atoms with van der Waals surface area (Å²) in [6.45, 7) is 3.92. The molecule has 0 aromatic heterocycles. The summed E-state index contributed by atoms with van der Waals surface area (Å²) in [6.07, 6.45) is -0.587. The number of fused-ring (bicyclic) bond motifs is 1. The molecule has 102 valence electrons. The molecule has 2 saturated carbocycles. The summed E-state index contributed by atoms with van der Waals surface area (Å²) in [4.78, 5) is 23.6. The molecule has 0 amide bonds. The maximum absolute atomic E-state index is 11.9. The van der Waals surface area contributed by atoms with Crippen LogP contribution in [0.1, 0.15) is 20.3 Å². The minimum absolute atomic E-state index is 0.150. The zero-order valence-electron chi connectivity index (χ0n) is 10.6. The second-order valence-electron chi connectivity index (χ2n) is 4.91. The monoisotopic (exact) mass is 257 g/mol. The van der Waals surface area contributed by atoms with E-state index in [2.05, 4.69) is 0 Å². The van der Waals surface area contributed by atoms with Crippen LogP contribution in [0.5, 0.6) is 0 Å². The second kappa shape index (κ2) is 4.51. The Morgan fingerprint density at radius 1 is 1.33 bits per heavy atom. The summed E-state index contributed by atoms with van der Waals surface area (Å²) in [5, 5.41) is 9.88. The lowest BCUT2D eigenvalue weighted by Gasteiger charge is -2.25. The van der Waals surface area contributed by atoms with E-state index in [1.165, 1.54) is 0 Å². The highest BCUT2D eigenvalue weighted by atomic mass is 16.5.